The number of hydrogen-bond donors (Lipinski definition) is 1. The molecular formula is C19H31Cl3N2O5. The van der Waals surface area contributed by atoms with E-state index in [9.17, 15) is 14.4 Å². The van der Waals surface area contributed by atoms with Gasteiger partial charge in [-0.05, 0) is 39.5 Å². The van der Waals surface area contributed by atoms with Crippen LogP contribution in [0, 0.1) is 5.92 Å². The number of alkyl halides is 3. The van der Waals surface area contributed by atoms with Crippen molar-refractivity contribution in [2.24, 2.45) is 5.92 Å². The maximum Gasteiger partial charge on any atom is 0.408 e. The van der Waals surface area contributed by atoms with E-state index in [4.69, 9.17) is 44.3 Å². The van der Waals surface area contributed by atoms with E-state index in [2.05, 4.69) is 26.1 Å². The van der Waals surface area contributed by atoms with Crippen LogP contribution in [-0.2, 0) is 19.1 Å². The van der Waals surface area contributed by atoms with Gasteiger partial charge in [-0.2, -0.15) is 0 Å². The summed E-state index contributed by atoms with van der Waals surface area (Å²) in [5.41, 5.74) is -0.749. The number of carbonyl (C=O) groups excluding carboxylic acids is 3. The predicted molar refractivity (Wildman–Crippen MR) is 115 cm³/mol. The Labute approximate surface area is 188 Å². The Morgan fingerprint density at radius 3 is 2.10 bits per heavy atom. The highest BCUT2D eigenvalue weighted by Crippen LogP contribution is 2.32. The predicted octanol–water partition coefficient (Wildman–Crippen LogP) is 4.59. The minimum Gasteiger partial charge on any atom is -0.499 e. The molecule has 0 aromatic carbocycles. The molecule has 1 aliphatic rings. The van der Waals surface area contributed by atoms with Crippen molar-refractivity contribution in [3.8, 4) is 0 Å². The lowest BCUT2D eigenvalue weighted by atomic mass is 10.1. The van der Waals surface area contributed by atoms with Crippen LogP contribution in [0.15, 0.2) is 11.8 Å². The Morgan fingerprint density at radius 2 is 1.72 bits per heavy atom. The molecule has 0 bridgehead atoms. The highest BCUT2D eigenvalue weighted by Gasteiger charge is 2.35. The third-order valence-electron chi connectivity index (χ3n) is 3.10. The van der Waals surface area contributed by atoms with Crippen molar-refractivity contribution in [1.82, 2.24) is 10.2 Å². The topological polar surface area (TPSA) is 84.9 Å². The molecule has 0 aromatic heterocycles. The third-order valence-corrected chi connectivity index (χ3v) is 3.67. The molecule has 0 aliphatic carbocycles. The van der Waals surface area contributed by atoms with Crippen LogP contribution in [0.5, 0.6) is 0 Å². The van der Waals surface area contributed by atoms with E-state index in [0.29, 0.717) is 5.76 Å². The number of amides is 3. The van der Waals surface area contributed by atoms with Gasteiger partial charge in [0.15, 0.2) is 3.79 Å². The number of imide groups is 1. The zero-order valence-corrected chi connectivity index (χ0v) is 20.2. The van der Waals surface area contributed by atoms with E-state index in [1.807, 2.05) is 0 Å². The van der Waals surface area contributed by atoms with E-state index in [1.165, 1.54) is 13.2 Å². The molecule has 10 heteroatoms. The van der Waals surface area contributed by atoms with Crippen LogP contribution >= 0.6 is 34.8 Å². The fraction of sp³-hybridized carbons (Fsp3) is 0.737. The number of nitrogens with one attached hydrogen (secondary N) is 1. The largest absolute Gasteiger partial charge is 0.499 e. The molecule has 1 aliphatic heterocycles. The second-order valence-corrected chi connectivity index (χ2v) is 10.7. The molecule has 3 amide bonds. The quantitative estimate of drug-likeness (QED) is 0.590. The summed E-state index contributed by atoms with van der Waals surface area (Å²) in [5, 5.41) is 2.43. The van der Waals surface area contributed by atoms with Crippen molar-refractivity contribution in [2.45, 2.75) is 69.8 Å². The summed E-state index contributed by atoms with van der Waals surface area (Å²) in [7, 11) is 1.40. The lowest BCUT2D eigenvalue weighted by molar-refractivity contribution is -0.142. The number of nitrogens with zero attached hydrogens (tertiary/aromatic N) is 1. The summed E-state index contributed by atoms with van der Waals surface area (Å²) in [6.45, 7) is 11.5. The van der Waals surface area contributed by atoms with Gasteiger partial charge < -0.3 is 14.8 Å². The molecule has 1 unspecified atom stereocenters. The third kappa shape index (κ3) is 12.9. The average molecular weight is 474 g/mol. The molecule has 1 N–H and O–H groups in total. The van der Waals surface area contributed by atoms with E-state index < -0.39 is 33.3 Å². The smallest absolute Gasteiger partial charge is 0.408 e. The van der Waals surface area contributed by atoms with E-state index in [-0.39, 0.29) is 19.4 Å². The van der Waals surface area contributed by atoms with Crippen LogP contribution in [0.3, 0.4) is 0 Å². The number of ether oxygens (including phenoxy) is 2. The lowest BCUT2D eigenvalue weighted by Crippen LogP contribution is -2.50. The van der Waals surface area contributed by atoms with Crippen LogP contribution in [0.2, 0.25) is 0 Å². The highest BCUT2D eigenvalue weighted by molar-refractivity contribution is 6.67. The summed E-state index contributed by atoms with van der Waals surface area (Å²) >= 11 is 17.2. The minimum atomic E-state index is -1.60. The van der Waals surface area contributed by atoms with Gasteiger partial charge in [-0.3, -0.25) is 14.5 Å². The zero-order valence-electron chi connectivity index (χ0n) is 18.0. The van der Waals surface area contributed by atoms with Gasteiger partial charge in [0, 0.05) is 6.08 Å². The molecule has 0 radical (unpaired) electrons. The molecule has 29 heavy (non-hydrogen) atoms. The summed E-state index contributed by atoms with van der Waals surface area (Å²) < 4.78 is 8.52. The minimum absolute atomic E-state index is 0.00351. The molecule has 0 saturated carbocycles. The molecule has 0 spiro atoms. The Balaban J connectivity index is 0.00000178. The van der Waals surface area contributed by atoms with Gasteiger partial charge in [-0.25, -0.2) is 4.79 Å². The molecule has 0 saturated heterocycles. The van der Waals surface area contributed by atoms with Gasteiger partial charge in [0.05, 0.1) is 13.7 Å². The van der Waals surface area contributed by atoms with Gasteiger partial charge in [0.2, 0.25) is 0 Å². The van der Waals surface area contributed by atoms with Gasteiger partial charge in [0.25, 0.3) is 11.8 Å². The standard InChI is InChI=1S/C15H21Cl3N2O5.C4H10/c1-14(2,3)25-13(23)19-10(5-6-15(16,17)18)12(22)20-8-9(24-4)7-11(20)21;1-4(2)3/h7,10H,5-6,8H2,1-4H3,(H,19,23);4H,1-3H3. The maximum absolute atomic E-state index is 12.7. The molecule has 7 nitrogen and oxygen atoms in total. The fourth-order valence-corrected chi connectivity index (χ4v) is 2.34. The maximum atomic E-state index is 12.7. The zero-order chi connectivity index (χ0) is 23.0. The number of alkyl carbamates (subject to hydrolysis) is 1. The van der Waals surface area contributed by atoms with Crippen LogP contribution in [0.4, 0.5) is 4.79 Å². The second-order valence-electron chi connectivity index (χ2n) is 8.16. The van der Waals surface area contributed by atoms with Gasteiger partial charge in [0.1, 0.15) is 17.4 Å². The Morgan fingerprint density at radius 1 is 1.21 bits per heavy atom. The summed E-state index contributed by atoms with van der Waals surface area (Å²) in [5.74, 6) is 0.0101. The molecule has 1 atom stereocenters. The number of rotatable bonds is 5. The lowest BCUT2D eigenvalue weighted by Gasteiger charge is -2.26. The monoisotopic (exact) mass is 472 g/mol. The van der Waals surface area contributed by atoms with E-state index >= 15 is 0 Å². The number of carbonyl (C=O) groups is 3. The van der Waals surface area contributed by atoms with E-state index in [0.717, 1.165) is 10.8 Å². The molecule has 1 rings (SSSR count). The second kappa shape index (κ2) is 11.9. The van der Waals surface area contributed by atoms with Crippen molar-refractivity contribution in [3.63, 3.8) is 0 Å². The summed E-state index contributed by atoms with van der Waals surface area (Å²) in [6.07, 6.45) is 0.413. The van der Waals surface area contributed by atoms with Crippen LogP contribution in [-0.4, -0.2) is 51.9 Å². The van der Waals surface area contributed by atoms with Gasteiger partial charge in [-0.15, -0.1) is 0 Å². The fourth-order valence-electron chi connectivity index (χ4n) is 2.01. The first-order valence-electron chi connectivity index (χ1n) is 9.22. The van der Waals surface area contributed by atoms with Crippen LogP contribution in [0.25, 0.3) is 0 Å². The summed E-state index contributed by atoms with van der Waals surface area (Å²) in [4.78, 5) is 37.5. The van der Waals surface area contributed by atoms with Crippen molar-refractivity contribution < 1.29 is 23.9 Å². The first kappa shape index (κ1) is 27.8. The number of methoxy groups -OCH3 is 1. The Bertz CT molecular complexity index is 607. The highest BCUT2D eigenvalue weighted by atomic mass is 35.6. The SMILES string of the molecule is CC(C)C.COC1=CC(=O)N(C(=O)C(CCC(Cl)(Cl)Cl)NC(=O)OC(C)(C)C)C1. The summed E-state index contributed by atoms with van der Waals surface area (Å²) in [6, 6.07) is -1.08. The van der Waals surface area contributed by atoms with Crippen LogP contribution < -0.4 is 5.32 Å². The first-order valence-corrected chi connectivity index (χ1v) is 10.3. The van der Waals surface area contributed by atoms with Crippen molar-refractivity contribution >= 4 is 52.7 Å². The number of halogens is 3. The van der Waals surface area contributed by atoms with Crippen molar-refractivity contribution in [2.75, 3.05) is 13.7 Å². The molecule has 0 fully saturated rings. The molecule has 1 heterocycles. The Hall–Kier alpha value is -1.18. The molecular weight excluding hydrogens is 443 g/mol. The molecule has 0 aromatic rings. The van der Waals surface area contributed by atoms with Crippen LogP contribution in [0.1, 0.15) is 54.4 Å². The molecule has 168 valence electrons. The Kier molecular flexibility index (Phi) is 11.4. The van der Waals surface area contributed by atoms with Crippen molar-refractivity contribution in [3.05, 3.63) is 11.8 Å². The average Bonchev–Trinajstić information content (AvgIpc) is 2.88. The van der Waals surface area contributed by atoms with Gasteiger partial charge in [-0.1, -0.05) is 55.6 Å². The normalized spacial score (nSPS) is 15.3. The number of hydrogen-bond acceptors (Lipinski definition) is 5. The van der Waals surface area contributed by atoms with Crippen molar-refractivity contribution in [1.29, 1.82) is 0 Å². The first-order chi connectivity index (χ1) is 13.1. The van der Waals surface area contributed by atoms with E-state index in [1.54, 1.807) is 20.8 Å². The van der Waals surface area contributed by atoms with Gasteiger partial charge >= 0.3 is 6.09 Å².